The Morgan fingerprint density at radius 3 is 2.59 bits per heavy atom. The van der Waals surface area contributed by atoms with Gasteiger partial charge in [0.25, 0.3) is 0 Å². The van der Waals surface area contributed by atoms with Crippen LogP contribution in [-0.4, -0.2) is 89.3 Å². The van der Waals surface area contributed by atoms with Gasteiger partial charge in [0.1, 0.15) is 6.04 Å². The largest absolute Gasteiger partial charge is 0.353 e. The maximum absolute atomic E-state index is 13.1. The van der Waals surface area contributed by atoms with Crippen LogP contribution in [0.5, 0.6) is 0 Å². The zero-order chi connectivity index (χ0) is 24.1. The van der Waals surface area contributed by atoms with Crippen molar-refractivity contribution in [3.05, 3.63) is 47.2 Å². The van der Waals surface area contributed by atoms with Crippen LogP contribution in [0.4, 0.5) is 11.6 Å². The van der Waals surface area contributed by atoms with Crippen LogP contribution >= 0.6 is 11.6 Å². The van der Waals surface area contributed by atoms with E-state index in [4.69, 9.17) is 11.6 Å². The summed E-state index contributed by atoms with van der Waals surface area (Å²) in [5.41, 5.74) is 1.45. The van der Waals surface area contributed by atoms with Gasteiger partial charge in [-0.25, -0.2) is 9.97 Å². The molecule has 1 atom stereocenters. The van der Waals surface area contributed by atoms with E-state index in [9.17, 15) is 14.4 Å². The van der Waals surface area contributed by atoms with E-state index in [1.807, 2.05) is 13.0 Å². The first-order valence-corrected chi connectivity index (χ1v) is 11.7. The summed E-state index contributed by atoms with van der Waals surface area (Å²) >= 11 is 6.13. The Kier molecular flexibility index (Phi) is 7.59. The second kappa shape index (κ2) is 10.8. The van der Waals surface area contributed by atoms with Crippen molar-refractivity contribution < 1.29 is 14.4 Å². The van der Waals surface area contributed by atoms with E-state index in [-0.39, 0.29) is 30.7 Å². The van der Waals surface area contributed by atoms with E-state index in [1.165, 1.54) is 4.90 Å². The highest BCUT2D eigenvalue weighted by Crippen LogP contribution is 2.21. The van der Waals surface area contributed by atoms with Crippen molar-refractivity contribution in [2.75, 3.05) is 56.0 Å². The first-order chi connectivity index (χ1) is 16.4. The van der Waals surface area contributed by atoms with Gasteiger partial charge in [-0.15, -0.1) is 0 Å². The fourth-order valence-corrected chi connectivity index (χ4v) is 4.30. The quantitative estimate of drug-likeness (QED) is 0.625. The number of nitrogens with zero attached hydrogens (tertiary/aromatic N) is 5. The van der Waals surface area contributed by atoms with Crippen molar-refractivity contribution in [2.24, 2.45) is 0 Å². The van der Waals surface area contributed by atoms with E-state index < -0.39 is 6.04 Å². The number of rotatable bonds is 6. The maximum Gasteiger partial charge on any atom is 0.243 e. The topological polar surface area (TPSA) is 111 Å². The van der Waals surface area contributed by atoms with Crippen molar-refractivity contribution in [1.29, 1.82) is 0 Å². The van der Waals surface area contributed by atoms with Crippen LogP contribution < -0.4 is 15.5 Å². The van der Waals surface area contributed by atoms with Crippen molar-refractivity contribution in [2.45, 2.75) is 19.4 Å². The van der Waals surface area contributed by atoms with Crippen LogP contribution in [-0.2, 0) is 14.4 Å². The number of anilines is 2. The third-order valence-corrected chi connectivity index (χ3v) is 6.46. The summed E-state index contributed by atoms with van der Waals surface area (Å²) < 4.78 is 0. The van der Waals surface area contributed by atoms with Gasteiger partial charge >= 0.3 is 0 Å². The molecule has 0 aliphatic carbocycles. The molecular formula is C23H28ClN7O3. The van der Waals surface area contributed by atoms with Crippen LogP contribution in [0.3, 0.4) is 0 Å². The zero-order valence-electron chi connectivity index (χ0n) is 19.0. The van der Waals surface area contributed by atoms with Crippen LogP contribution in [0.15, 0.2) is 36.7 Å². The highest BCUT2D eigenvalue weighted by Gasteiger charge is 2.35. The number of hydrogen-bond acceptors (Lipinski definition) is 7. The number of piperazine rings is 2. The van der Waals surface area contributed by atoms with E-state index in [1.54, 1.807) is 30.6 Å². The van der Waals surface area contributed by atoms with Crippen LogP contribution in [0.2, 0.25) is 5.02 Å². The lowest BCUT2D eigenvalue weighted by Gasteiger charge is -2.38. The molecule has 2 fully saturated rings. The number of benzene rings is 1. The molecule has 34 heavy (non-hydrogen) atoms. The molecule has 4 rings (SSSR count). The van der Waals surface area contributed by atoms with E-state index in [0.717, 1.165) is 5.56 Å². The number of carbonyl (C=O) groups is 3. The molecule has 1 aromatic carbocycles. The Bertz CT molecular complexity index is 1040. The number of hydrogen-bond donors (Lipinski definition) is 2. The molecule has 1 aromatic heterocycles. The summed E-state index contributed by atoms with van der Waals surface area (Å²) in [6.07, 6.45) is 3.30. The first kappa shape index (κ1) is 23.9. The summed E-state index contributed by atoms with van der Waals surface area (Å²) in [5.74, 6) is -0.142. The molecule has 2 aliphatic rings. The minimum Gasteiger partial charge on any atom is -0.353 e. The fraction of sp³-hybridized carbons (Fsp3) is 0.435. The molecule has 2 aromatic rings. The van der Waals surface area contributed by atoms with Gasteiger partial charge in [0.05, 0.1) is 13.0 Å². The number of aryl methyl sites for hydroxylation is 1. The highest BCUT2D eigenvalue weighted by atomic mass is 35.5. The Morgan fingerprint density at radius 1 is 1.15 bits per heavy atom. The highest BCUT2D eigenvalue weighted by molar-refractivity contribution is 6.31. The number of nitrogens with one attached hydrogen (secondary N) is 2. The molecule has 0 radical (unpaired) electrons. The molecule has 0 saturated carbocycles. The SMILES string of the molecule is Cc1ccc(NC(=O)CC2C(=O)NCCN2C(=O)CN2CCN(c3ncccn3)CC2)cc1Cl. The minimum atomic E-state index is -0.846. The number of aromatic nitrogens is 2. The number of halogens is 1. The van der Waals surface area contributed by atoms with Gasteiger partial charge in [0.15, 0.2) is 0 Å². The van der Waals surface area contributed by atoms with Crippen molar-refractivity contribution >= 4 is 41.0 Å². The molecule has 2 N–H and O–H groups in total. The number of carbonyl (C=O) groups excluding carboxylic acids is 3. The van der Waals surface area contributed by atoms with Crippen LogP contribution in [0.25, 0.3) is 0 Å². The summed E-state index contributed by atoms with van der Waals surface area (Å²) in [4.78, 5) is 52.5. The van der Waals surface area contributed by atoms with E-state index >= 15 is 0 Å². The summed E-state index contributed by atoms with van der Waals surface area (Å²) in [7, 11) is 0. The minimum absolute atomic E-state index is 0.123. The van der Waals surface area contributed by atoms with Gasteiger partial charge in [-0.1, -0.05) is 17.7 Å². The monoisotopic (exact) mass is 485 g/mol. The predicted molar refractivity (Wildman–Crippen MR) is 129 cm³/mol. The predicted octanol–water partition coefficient (Wildman–Crippen LogP) is 0.916. The summed E-state index contributed by atoms with van der Waals surface area (Å²) in [6, 6.07) is 6.16. The Hall–Kier alpha value is -3.24. The average molecular weight is 486 g/mol. The number of amides is 3. The molecule has 10 nitrogen and oxygen atoms in total. The normalized spacial score (nSPS) is 19.0. The second-order valence-corrected chi connectivity index (χ2v) is 8.83. The van der Waals surface area contributed by atoms with Crippen LogP contribution in [0, 0.1) is 6.92 Å². The second-order valence-electron chi connectivity index (χ2n) is 8.42. The summed E-state index contributed by atoms with van der Waals surface area (Å²) in [5, 5.41) is 6.08. The van der Waals surface area contributed by atoms with Gasteiger partial charge in [-0.2, -0.15) is 0 Å². The molecule has 2 aliphatic heterocycles. The Balaban J connectivity index is 1.33. The Morgan fingerprint density at radius 2 is 1.88 bits per heavy atom. The third kappa shape index (κ3) is 5.81. The fourth-order valence-electron chi connectivity index (χ4n) is 4.12. The van der Waals surface area contributed by atoms with Gasteiger partial charge in [-0.3, -0.25) is 19.3 Å². The average Bonchev–Trinajstić information content (AvgIpc) is 2.83. The van der Waals surface area contributed by atoms with Crippen molar-refractivity contribution in [3.63, 3.8) is 0 Å². The molecule has 2 saturated heterocycles. The molecular weight excluding hydrogens is 458 g/mol. The maximum atomic E-state index is 13.1. The summed E-state index contributed by atoms with van der Waals surface area (Å²) in [6.45, 7) is 5.60. The lowest BCUT2D eigenvalue weighted by Crippen LogP contribution is -2.60. The standard InChI is InChI=1S/C23H28ClN7O3/c1-16-3-4-17(13-18(16)24)28-20(32)14-19-22(34)25-7-8-31(19)21(33)15-29-9-11-30(12-10-29)23-26-5-2-6-27-23/h2-6,13,19H,7-12,14-15H2,1H3,(H,25,34)(H,28,32). The van der Waals surface area contributed by atoms with Gasteiger partial charge < -0.3 is 20.4 Å². The molecule has 3 amide bonds. The molecule has 180 valence electrons. The third-order valence-electron chi connectivity index (χ3n) is 6.05. The molecule has 0 bridgehead atoms. The van der Waals surface area contributed by atoms with Crippen LogP contribution in [0.1, 0.15) is 12.0 Å². The molecule has 1 unspecified atom stereocenters. The molecule has 0 spiro atoms. The van der Waals surface area contributed by atoms with E-state index in [2.05, 4.69) is 30.4 Å². The lowest BCUT2D eigenvalue weighted by molar-refractivity contribution is -0.145. The van der Waals surface area contributed by atoms with Gasteiger partial charge in [0, 0.05) is 62.4 Å². The zero-order valence-corrected chi connectivity index (χ0v) is 19.8. The van der Waals surface area contributed by atoms with E-state index in [0.29, 0.717) is 55.9 Å². The first-order valence-electron chi connectivity index (χ1n) is 11.3. The van der Waals surface area contributed by atoms with Crippen molar-refractivity contribution in [1.82, 2.24) is 25.1 Å². The Labute approximate surface area is 203 Å². The smallest absolute Gasteiger partial charge is 0.243 e. The van der Waals surface area contributed by atoms with Crippen molar-refractivity contribution in [3.8, 4) is 0 Å². The molecule has 11 heteroatoms. The van der Waals surface area contributed by atoms with Gasteiger partial charge in [-0.05, 0) is 30.7 Å². The van der Waals surface area contributed by atoms with Gasteiger partial charge in [0.2, 0.25) is 23.7 Å². The molecule has 3 heterocycles. The lowest BCUT2D eigenvalue weighted by atomic mass is 10.1.